The summed E-state index contributed by atoms with van der Waals surface area (Å²) >= 11 is 3.73. The molecule has 0 saturated carbocycles. The zero-order valence-corrected chi connectivity index (χ0v) is 18.1. The Morgan fingerprint density at radius 1 is 1.19 bits per heavy atom. The molecule has 144 valence electrons. The minimum absolute atomic E-state index is 0.335. The molecule has 5 nitrogen and oxygen atoms in total. The fraction of sp³-hybridized carbons (Fsp3) is 0.476. The average Bonchev–Trinajstić information content (AvgIpc) is 2.63. The molecule has 27 heavy (non-hydrogen) atoms. The van der Waals surface area contributed by atoms with Gasteiger partial charge in [-0.2, -0.15) is 4.98 Å². The summed E-state index contributed by atoms with van der Waals surface area (Å²) in [4.78, 5) is 25.4. The Balaban J connectivity index is 1.95. The van der Waals surface area contributed by atoms with Crippen LogP contribution in [-0.2, 0) is 4.79 Å². The van der Waals surface area contributed by atoms with E-state index in [9.17, 15) is 4.79 Å². The molecule has 0 radical (unpaired) electrons. The van der Waals surface area contributed by atoms with E-state index in [2.05, 4.69) is 64.7 Å². The zero-order valence-electron chi connectivity index (χ0n) is 16.5. The number of rotatable bonds is 5. The van der Waals surface area contributed by atoms with Crippen molar-refractivity contribution in [1.82, 2.24) is 9.97 Å². The minimum atomic E-state index is 0.335. The first-order chi connectivity index (χ1) is 12.9. The van der Waals surface area contributed by atoms with Gasteiger partial charge in [-0.05, 0) is 53.4 Å². The van der Waals surface area contributed by atoms with Gasteiger partial charge in [-0.3, -0.25) is 4.79 Å². The van der Waals surface area contributed by atoms with Gasteiger partial charge < -0.3 is 9.80 Å². The highest BCUT2D eigenvalue weighted by Crippen LogP contribution is 2.33. The van der Waals surface area contributed by atoms with Crippen molar-refractivity contribution in [3.8, 4) is 0 Å². The highest BCUT2D eigenvalue weighted by molar-refractivity contribution is 9.10. The Labute approximate surface area is 169 Å². The van der Waals surface area contributed by atoms with Crippen LogP contribution < -0.4 is 9.80 Å². The lowest BCUT2D eigenvalue weighted by atomic mass is 10.0. The van der Waals surface area contributed by atoms with Crippen LogP contribution in [0.4, 0.5) is 17.5 Å². The molecule has 6 heteroatoms. The van der Waals surface area contributed by atoms with E-state index in [1.54, 1.807) is 0 Å². The minimum Gasteiger partial charge on any atom is -0.356 e. The molecule has 0 amide bonds. The fourth-order valence-corrected chi connectivity index (χ4v) is 3.94. The summed E-state index contributed by atoms with van der Waals surface area (Å²) in [5, 5.41) is 0. The van der Waals surface area contributed by atoms with Gasteiger partial charge in [-0.25, -0.2) is 4.98 Å². The smallest absolute Gasteiger partial charge is 0.232 e. The van der Waals surface area contributed by atoms with Crippen LogP contribution in [0.2, 0.25) is 0 Å². The third-order valence-corrected chi connectivity index (χ3v) is 5.60. The molecule has 0 spiro atoms. The van der Waals surface area contributed by atoms with E-state index >= 15 is 0 Å². The Kier molecular flexibility index (Phi) is 6.15. The van der Waals surface area contributed by atoms with E-state index in [1.165, 1.54) is 5.56 Å². The van der Waals surface area contributed by atoms with E-state index in [-0.39, 0.29) is 0 Å². The molecule has 1 aliphatic heterocycles. The molecule has 0 aliphatic carbocycles. The first-order valence-electron chi connectivity index (χ1n) is 9.58. The molecule has 1 saturated heterocycles. The van der Waals surface area contributed by atoms with Crippen LogP contribution in [0.25, 0.3) is 0 Å². The number of Topliss-reactive ketones (excluding diaryl/α,β-unsaturated/α-hetero) is 1. The van der Waals surface area contributed by atoms with Crippen molar-refractivity contribution in [2.45, 2.75) is 46.5 Å². The lowest BCUT2D eigenvalue weighted by Gasteiger charge is -2.29. The number of benzene rings is 1. The summed E-state index contributed by atoms with van der Waals surface area (Å²) in [7, 11) is 0. The number of nitrogens with zero attached hydrogens (tertiary/aromatic N) is 4. The van der Waals surface area contributed by atoms with E-state index in [1.807, 2.05) is 13.0 Å². The average molecular weight is 431 g/mol. The molecule has 1 fully saturated rings. The summed E-state index contributed by atoms with van der Waals surface area (Å²) in [5.74, 6) is 2.41. The molecule has 1 aromatic carbocycles. The molecule has 2 aromatic rings. The molecular formula is C21H27BrN4O. The van der Waals surface area contributed by atoms with Crippen molar-refractivity contribution >= 4 is 39.2 Å². The summed E-state index contributed by atoms with van der Waals surface area (Å²) in [6.45, 7) is 10.7. The second-order valence-corrected chi connectivity index (χ2v) is 8.16. The molecular weight excluding hydrogens is 404 g/mol. The number of piperidine rings is 1. The van der Waals surface area contributed by atoms with Gasteiger partial charge in [0, 0.05) is 48.7 Å². The quantitative estimate of drug-likeness (QED) is 0.667. The van der Waals surface area contributed by atoms with Crippen molar-refractivity contribution in [1.29, 1.82) is 0 Å². The molecule has 0 bridgehead atoms. The molecule has 1 aromatic heterocycles. The number of ketones is 1. The third-order valence-electron chi connectivity index (χ3n) is 4.96. The van der Waals surface area contributed by atoms with Crippen LogP contribution in [0.15, 0.2) is 28.7 Å². The highest BCUT2D eigenvalue weighted by Gasteiger charge is 2.21. The number of carbonyl (C=O) groups excluding carboxylic acids is 1. The van der Waals surface area contributed by atoms with Gasteiger partial charge in [0.25, 0.3) is 0 Å². The molecule has 0 unspecified atom stereocenters. The number of carbonyl (C=O) groups is 1. The van der Waals surface area contributed by atoms with Crippen LogP contribution in [-0.4, -0.2) is 35.4 Å². The highest BCUT2D eigenvalue weighted by atomic mass is 79.9. The van der Waals surface area contributed by atoms with Crippen LogP contribution in [0.3, 0.4) is 0 Å². The van der Waals surface area contributed by atoms with Crippen LogP contribution in [0.1, 0.15) is 50.8 Å². The van der Waals surface area contributed by atoms with Crippen molar-refractivity contribution < 1.29 is 4.79 Å². The number of aromatic nitrogens is 2. The van der Waals surface area contributed by atoms with Gasteiger partial charge in [0.1, 0.15) is 11.6 Å². The zero-order chi connectivity index (χ0) is 19.6. The fourth-order valence-electron chi connectivity index (χ4n) is 3.33. The first kappa shape index (κ1) is 19.8. The van der Waals surface area contributed by atoms with Crippen LogP contribution in [0, 0.1) is 6.92 Å². The maximum Gasteiger partial charge on any atom is 0.232 e. The normalized spacial score (nSPS) is 14.7. The van der Waals surface area contributed by atoms with Crippen LogP contribution in [0.5, 0.6) is 0 Å². The van der Waals surface area contributed by atoms with E-state index < -0.39 is 0 Å². The number of anilines is 3. The number of halogens is 1. The predicted octanol–water partition coefficient (Wildman–Crippen LogP) is 5.00. The second-order valence-electron chi connectivity index (χ2n) is 7.30. The van der Waals surface area contributed by atoms with E-state index in [0.29, 0.717) is 30.5 Å². The van der Waals surface area contributed by atoms with Gasteiger partial charge in [-0.15, -0.1) is 0 Å². The SMILES string of the molecule is CCN(c1nc(C)cc(N2CCC(=O)CC2)n1)c1ccc(C(C)C)cc1Br. The summed E-state index contributed by atoms with van der Waals surface area (Å²) in [6.07, 6.45) is 1.19. The molecule has 0 N–H and O–H groups in total. The monoisotopic (exact) mass is 430 g/mol. The van der Waals surface area contributed by atoms with Crippen LogP contribution >= 0.6 is 15.9 Å². The molecule has 3 rings (SSSR count). The lowest BCUT2D eigenvalue weighted by Crippen LogP contribution is -2.34. The van der Waals surface area contributed by atoms with Gasteiger partial charge in [0.05, 0.1) is 5.69 Å². The van der Waals surface area contributed by atoms with E-state index in [4.69, 9.17) is 9.97 Å². The van der Waals surface area contributed by atoms with Crippen molar-refractivity contribution in [2.24, 2.45) is 0 Å². The van der Waals surface area contributed by atoms with Gasteiger partial charge in [0.2, 0.25) is 5.95 Å². The van der Waals surface area contributed by atoms with E-state index in [0.717, 1.165) is 41.3 Å². The van der Waals surface area contributed by atoms with Crippen molar-refractivity contribution in [2.75, 3.05) is 29.4 Å². The Bertz CT molecular complexity index is 827. The lowest BCUT2D eigenvalue weighted by molar-refractivity contribution is -0.119. The third kappa shape index (κ3) is 4.49. The largest absolute Gasteiger partial charge is 0.356 e. The second kappa shape index (κ2) is 8.38. The van der Waals surface area contributed by atoms with Gasteiger partial charge in [0.15, 0.2) is 0 Å². The van der Waals surface area contributed by atoms with Gasteiger partial charge in [-0.1, -0.05) is 19.9 Å². The summed E-state index contributed by atoms with van der Waals surface area (Å²) in [6, 6.07) is 8.48. The summed E-state index contributed by atoms with van der Waals surface area (Å²) < 4.78 is 1.05. The van der Waals surface area contributed by atoms with Crippen molar-refractivity contribution in [3.63, 3.8) is 0 Å². The summed E-state index contributed by atoms with van der Waals surface area (Å²) in [5.41, 5.74) is 3.29. The van der Waals surface area contributed by atoms with Gasteiger partial charge >= 0.3 is 0 Å². The number of hydrogen-bond acceptors (Lipinski definition) is 5. The van der Waals surface area contributed by atoms with Crippen molar-refractivity contribution in [3.05, 3.63) is 40.0 Å². The topological polar surface area (TPSA) is 49.3 Å². The Morgan fingerprint density at radius 3 is 2.48 bits per heavy atom. The Hall–Kier alpha value is -1.95. The predicted molar refractivity (Wildman–Crippen MR) is 114 cm³/mol. The Morgan fingerprint density at radius 2 is 1.89 bits per heavy atom. The number of aryl methyl sites for hydroxylation is 1. The standard InChI is InChI=1S/C21H27BrN4O/c1-5-26(19-7-6-16(14(2)3)13-18(19)22)21-23-15(4)12-20(24-21)25-10-8-17(27)9-11-25/h6-7,12-14H,5,8-11H2,1-4H3. The number of hydrogen-bond donors (Lipinski definition) is 0. The maximum atomic E-state index is 11.6. The molecule has 2 heterocycles. The first-order valence-corrected chi connectivity index (χ1v) is 10.4. The molecule has 0 atom stereocenters. The maximum absolute atomic E-state index is 11.6. The molecule has 1 aliphatic rings.